The molecule has 3 rings (SSSR count). The Hall–Kier alpha value is -2.24. The number of rotatable bonds is 2. The molecule has 0 saturated carbocycles. The van der Waals surface area contributed by atoms with Crippen molar-refractivity contribution < 1.29 is 4.79 Å². The Morgan fingerprint density at radius 1 is 1.29 bits per heavy atom. The van der Waals surface area contributed by atoms with Crippen molar-refractivity contribution in [3.8, 4) is 11.4 Å². The average molecular weight is 285 g/mol. The van der Waals surface area contributed by atoms with Gasteiger partial charge in [-0.3, -0.25) is 19.9 Å². The first kappa shape index (κ1) is 13.7. The van der Waals surface area contributed by atoms with Gasteiger partial charge in [-0.1, -0.05) is 0 Å². The molecule has 1 fully saturated rings. The highest BCUT2D eigenvalue weighted by Gasteiger charge is 2.26. The van der Waals surface area contributed by atoms with Crippen molar-refractivity contribution in [3.05, 3.63) is 29.8 Å². The molecule has 1 saturated heterocycles. The molecule has 21 heavy (non-hydrogen) atoms. The van der Waals surface area contributed by atoms with Gasteiger partial charge in [0.1, 0.15) is 11.4 Å². The smallest absolute Gasteiger partial charge is 0.219 e. The maximum Gasteiger partial charge on any atom is 0.219 e. The van der Waals surface area contributed by atoms with E-state index in [0.717, 1.165) is 48.7 Å². The second kappa shape index (κ2) is 5.63. The van der Waals surface area contributed by atoms with E-state index in [4.69, 9.17) is 0 Å². The summed E-state index contributed by atoms with van der Waals surface area (Å²) in [6.07, 6.45) is 5.28. The summed E-state index contributed by atoms with van der Waals surface area (Å²) in [5.74, 6) is 0.483. The summed E-state index contributed by atoms with van der Waals surface area (Å²) in [5.41, 5.74) is 3.69. The number of piperidine rings is 1. The molecule has 1 aliphatic rings. The molecule has 0 aromatic carbocycles. The minimum atomic E-state index is 0.149. The highest BCUT2D eigenvalue weighted by atomic mass is 16.2. The molecule has 0 bridgehead atoms. The number of hydrogen-bond donors (Lipinski definition) is 1. The number of aryl methyl sites for hydroxylation is 1. The molecule has 0 radical (unpaired) electrons. The molecule has 110 valence electrons. The lowest BCUT2D eigenvalue weighted by molar-refractivity contribution is -0.129. The molecule has 0 aliphatic carbocycles. The fraction of sp³-hybridized carbons (Fsp3) is 0.467. The number of nitrogens with zero attached hydrogens (tertiary/aromatic N) is 4. The lowest BCUT2D eigenvalue weighted by atomic mass is 9.91. The van der Waals surface area contributed by atoms with Crippen molar-refractivity contribution >= 4 is 5.91 Å². The van der Waals surface area contributed by atoms with Gasteiger partial charge in [0, 0.05) is 44.0 Å². The number of nitrogens with one attached hydrogen (secondary N) is 1. The van der Waals surface area contributed by atoms with Crippen molar-refractivity contribution in [2.24, 2.45) is 0 Å². The van der Waals surface area contributed by atoms with Gasteiger partial charge in [-0.25, -0.2) is 0 Å². The number of H-pyrrole nitrogens is 1. The van der Waals surface area contributed by atoms with E-state index < -0.39 is 0 Å². The van der Waals surface area contributed by atoms with Gasteiger partial charge >= 0.3 is 0 Å². The predicted molar refractivity (Wildman–Crippen MR) is 78.6 cm³/mol. The van der Waals surface area contributed by atoms with E-state index in [9.17, 15) is 4.79 Å². The summed E-state index contributed by atoms with van der Waals surface area (Å²) in [6.45, 7) is 5.17. The number of likely N-dealkylation sites (tertiary alicyclic amines) is 1. The number of amides is 1. The minimum absolute atomic E-state index is 0.149. The van der Waals surface area contributed by atoms with Gasteiger partial charge in [0.25, 0.3) is 0 Å². The third-order valence-corrected chi connectivity index (χ3v) is 4.00. The number of hydrogen-bond acceptors (Lipinski definition) is 4. The van der Waals surface area contributed by atoms with Gasteiger partial charge in [0.05, 0.1) is 5.69 Å². The summed E-state index contributed by atoms with van der Waals surface area (Å²) in [7, 11) is 0. The van der Waals surface area contributed by atoms with Crippen molar-refractivity contribution in [1.82, 2.24) is 25.1 Å². The van der Waals surface area contributed by atoms with Crippen LogP contribution in [-0.2, 0) is 4.79 Å². The molecule has 2 aromatic heterocycles. The van der Waals surface area contributed by atoms with Crippen LogP contribution in [0.2, 0.25) is 0 Å². The number of carbonyl (C=O) groups excluding carboxylic acids is 1. The van der Waals surface area contributed by atoms with Crippen LogP contribution in [0.4, 0.5) is 0 Å². The Morgan fingerprint density at radius 2 is 2.00 bits per heavy atom. The fourth-order valence-electron chi connectivity index (χ4n) is 2.85. The van der Waals surface area contributed by atoms with Gasteiger partial charge in [-0.2, -0.15) is 5.10 Å². The van der Waals surface area contributed by atoms with E-state index >= 15 is 0 Å². The van der Waals surface area contributed by atoms with Crippen LogP contribution in [0.25, 0.3) is 11.4 Å². The Balaban J connectivity index is 1.85. The molecule has 0 atom stereocenters. The van der Waals surface area contributed by atoms with E-state index in [0.29, 0.717) is 5.92 Å². The lowest BCUT2D eigenvalue weighted by Gasteiger charge is -2.31. The van der Waals surface area contributed by atoms with Gasteiger partial charge in [-0.05, 0) is 25.8 Å². The van der Waals surface area contributed by atoms with Gasteiger partial charge in [0.15, 0.2) is 0 Å². The highest BCUT2D eigenvalue weighted by molar-refractivity contribution is 5.73. The van der Waals surface area contributed by atoms with Crippen molar-refractivity contribution in [2.75, 3.05) is 13.1 Å². The van der Waals surface area contributed by atoms with Gasteiger partial charge in [-0.15, -0.1) is 0 Å². The van der Waals surface area contributed by atoms with E-state index in [1.165, 1.54) is 0 Å². The Morgan fingerprint density at radius 3 is 2.62 bits per heavy atom. The third kappa shape index (κ3) is 2.79. The summed E-state index contributed by atoms with van der Waals surface area (Å²) < 4.78 is 0. The van der Waals surface area contributed by atoms with Crippen LogP contribution < -0.4 is 0 Å². The predicted octanol–water partition coefficient (Wildman–Crippen LogP) is 1.90. The molecule has 0 unspecified atom stereocenters. The van der Waals surface area contributed by atoms with E-state index in [2.05, 4.69) is 20.2 Å². The molecule has 6 nitrogen and oxygen atoms in total. The number of aromatic amines is 1. The zero-order valence-electron chi connectivity index (χ0n) is 12.3. The quantitative estimate of drug-likeness (QED) is 0.914. The first-order chi connectivity index (χ1) is 10.1. The van der Waals surface area contributed by atoms with Crippen LogP contribution in [0, 0.1) is 6.92 Å². The van der Waals surface area contributed by atoms with Crippen LogP contribution in [0.15, 0.2) is 18.5 Å². The van der Waals surface area contributed by atoms with Crippen molar-refractivity contribution in [3.63, 3.8) is 0 Å². The third-order valence-electron chi connectivity index (χ3n) is 4.00. The summed E-state index contributed by atoms with van der Waals surface area (Å²) >= 11 is 0. The van der Waals surface area contributed by atoms with Crippen molar-refractivity contribution in [1.29, 1.82) is 0 Å². The molecule has 2 aromatic rings. The first-order valence-corrected chi connectivity index (χ1v) is 7.24. The van der Waals surface area contributed by atoms with Gasteiger partial charge in [0.2, 0.25) is 5.91 Å². The monoisotopic (exact) mass is 285 g/mol. The largest absolute Gasteiger partial charge is 0.343 e. The normalized spacial score (nSPS) is 16.2. The van der Waals surface area contributed by atoms with Crippen LogP contribution in [0.1, 0.15) is 37.1 Å². The van der Waals surface area contributed by atoms with E-state index in [1.54, 1.807) is 19.3 Å². The Bertz CT molecular complexity index is 643. The Labute approximate surface area is 123 Å². The zero-order chi connectivity index (χ0) is 14.8. The minimum Gasteiger partial charge on any atom is -0.343 e. The molecular formula is C15H19N5O. The molecule has 0 spiro atoms. The molecule has 1 N–H and O–H groups in total. The summed E-state index contributed by atoms with van der Waals surface area (Å²) in [5, 5.41) is 7.24. The zero-order valence-corrected chi connectivity index (χ0v) is 12.3. The van der Waals surface area contributed by atoms with E-state index in [-0.39, 0.29) is 5.91 Å². The SMILES string of the molecule is CC(=O)N1CCC(c2nccnc2-c2cc(C)[nH]n2)CC1. The number of aromatic nitrogens is 4. The van der Waals surface area contributed by atoms with Crippen LogP contribution in [0.5, 0.6) is 0 Å². The second-order valence-corrected chi connectivity index (χ2v) is 5.51. The topological polar surface area (TPSA) is 74.8 Å². The fourth-order valence-corrected chi connectivity index (χ4v) is 2.85. The maximum atomic E-state index is 11.4. The molecule has 3 heterocycles. The van der Waals surface area contributed by atoms with Crippen molar-refractivity contribution in [2.45, 2.75) is 32.6 Å². The highest BCUT2D eigenvalue weighted by Crippen LogP contribution is 2.32. The second-order valence-electron chi connectivity index (χ2n) is 5.51. The molecular weight excluding hydrogens is 266 g/mol. The Kier molecular flexibility index (Phi) is 3.68. The van der Waals surface area contributed by atoms with Crippen LogP contribution in [-0.4, -0.2) is 44.1 Å². The van der Waals surface area contributed by atoms with Crippen LogP contribution in [0.3, 0.4) is 0 Å². The van der Waals surface area contributed by atoms with Crippen LogP contribution >= 0.6 is 0 Å². The first-order valence-electron chi connectivity index (χ1n) is 7.24. The summed E-state index contributed by atoms with van der Waals surface area (Å²) in [6, 6.07) is 1.98. The van der Waals surface area contributed by atoms with Gasteiger partial charge < -0.3 is 4.90 Å². The molecule has 1 aliphatic heterocycles. The van der Waals surface area contributed by atoms with E-state index in [1.807, 2.05) is 17.9 Å². The standard InChI is InChI=1S/C15H19N5O/c1-10-9-13(19-18-10)15-14(16-5-6-17-15)12-3-7-20(8-4-12)11(2)21/h5-6,9,12H,3-4,7-8H2,1-2H3,(H,18,19). The lowest BCUT2D eigenvalue weighted by Crippen LogP contribution is -2.36. The molecule has 6 heteroatoms. The number of carbonyl (C=O) groups is 1. The molecule has 1 amide bonds. The maximum absolute atomic E-state index is 11.4. The average Bonchev–Trinajstić information content (AvgIpc) is 2.94. The summed E-state index contributed by atoms with van der Waals surface area (Å²) in [4.78, 5) is 22.3.